The minimum atomic E-state index is -0.751. The number of carbonyl (C=O) groups is 1. The maximum absolute atomic E-state index is 10.5. The lowest BCUT2D eigenvalue weighted by Crippen LogP contribution is -2.36. The van der Waals surface area contributed by atoms with E-state index in [1.165, 1.54) is 0 Å². The second-order valence-electron chi connectivity index (χ2n) is 1.71. The summed E-state index contributed by atoms with van der Waals surface area (Å²) in [6.07, 6.45) is -0.751. The first kappa shape index (κ1) is 6.51. The first-order valence-corrected chi connectivity index (χ1v) is 2.73. The van der Waals surface area contributed by atoms with Crippen LogP contribution in [0.3, 0.4) is 0 Å². The fourth-order valence-corrected chi connectivity index (χ4v) is 0.621. The zero-order valence-corrected chi connectivity index (χ0v) is 4.87. The lowest BCUT2D eigenvalue weighted by Gasteiger charge is -2.19. The van der Waals surface area contributed by atoms with E-state index in [0.29, 0.717) is 13.2 Å². The van der Waals surface area contributed by atoms with E-state index in [-0.39, 0.29) is 6.61 Å². The maximum atomic E-state index is 10.5. The molecule has 1 aliphatic rings. The molecule has 1 unspecified atom stereocenters. The van der Waals surface area contributed by atoms with Crippen LogP contribution in [0.1, 0.15) is 0 Å². The number of esters is 1. The molecular formula is C5H8O4. The van der Waals surface area contributed by atoms with Crippen LogP contribution in [-0.2, 0) is 14.3 Å². The van der Waals surface area contributed by atoms with Gasteiger partial charge in [0.2, 0.25) is 0 Å². The van der Waals surface area contributed by atoms with Crippen molar-refractivity contribution in [1.82, 2.24) is 0 Å². The summed E-state index contributed by atoms with van der Waals surface area (Å²) in [5.74, 6) is -0.469. The molecule has 1 aliphatic heterocycles. The molecular weight excluding hydrogens is 124 g/mol. The first-order chi connectivity index (χ1) is 4.34. The molecule has 0 aliphatic carbocycles. The third-order valence-electron chi connectivity index (χ3n) is 1.08. The minimum Gasteiger partial charge on any atom is -0.461 e. The largest absolute Gasteiger partial charge is 0.461 e. The summed E-state index contributed by atoms with van der Waals surface area (Å²) in [5, 5.41) is 8.44. The summed E-state index contributed by atoms with van der Waals surface area (Å²) >= 11 is 0. The molecule has 0 aromatic heterocycles. The van der Waals surface area contributed by atoms with Gasteiger partial charge in [-0.05, 0) is 0 Å². The highest BCUT2D eigenvalue weighted by molar-refractivity contribution is 5.75. The lowest BCUT2D eigenvalue weighted by molar-refractivity contribution is -0.174. The zero-order chi connectivity index (χ0) is 6.69. The first-order valence-electron chi connectivity index (χ1n) is 2.73. The van der Waals surface area contributed by atoms with Crippen molar-refractivity contribution in [3.63, 3.8) is 0 Å². The van der Waals surface area contributed by atoms with Crippen molar-refractivity contribution in [3.05, 3.63) is 0 Å². The average molecular weight is 132 g/mol. The Morgan fingerprint density at radius 1 is 1.67 bits per heavy atom. The molecule has 0 radical (unpaired) electrons. The van der Waals surface area contributed by atoms with Gasteiger partial charge < -0.3 is 14.6 Å². The molecule has 0 amide bonds. The number of cyclic esters (lactones) is 1. The number of hydrogen-bond acceptors (Lipinski definition) is 4. The topological polar surface area (TPSA) is 55.8 Å². The number of hydrogen-bond donors (Lipinski definition) is 1. The molecule has 0 bridgehead atoms. The smallest absolute Gasteiger partial charge is 0.337 e. The molecule has 1 atom stereocenters. The summed E-state index contributed by atoms with van der Waals surface area (Å²) in [6.45, 7) is 0.394. The number of aliphatic hydroxyl groups is 1. The fraction of sp³-hybridized carbons (Fsp3) is 0.800. The van der Waals surface area contributed by atoms with Gasteiger partial charge in [-0.1, -0.05) is 0 Å². The molecule has 0 spiro atoms. The molecule has 1 rings (SSSR count). The normalized spacial score (nSPS) is 27.7. The summed E-state index contributed by atoms with van der Waals surface area (Å²) < 4.78 is 9.37. The van der Waals surface area contributed by atoms with Crippen molar-refractivity contribution in [3.8, 4) is 0 Å². The highest BCUT2D eigenvalue weighted by Gasteiger charge is 2.23. The van der Waals surface area contributed by atoms with Gasteiger partial charge in [-0.25, -0.2) is 4.79 Å². The van der Waals surface area contributed by atoms with Gasteiger partial charge in [-0.2, -0.15) is 0 Å². The Kier molecular flexibility index (Phi) is 2.02. The van der Waals surface area contributed by atoms with E-state index in [1.54, 1.807) is 0 Å². The summed E-state index contributed by atoms with van der Waals surface area (Å²) in [6, 6.07) is 0. The Balaban J connectivity index is 2.39. The van der Waals surface area contributed by atoms with E-state index in [4.69, 9.17) is 9.84 Å². The van der Waals surface area contributed by atoms with Crippen molar-refractivity contribution in [2.75, 3.05) is 19.8 Å². The molecule has 0 aromatic rings. The molecule has 1 heterocycles. The molecule has 9 heavy (non-hydrogen) atoms. The summed E-state index contributed by atoms with van der Waals surface area (Å²) in [7, 11) is 0. The predicted octanol–water partition coefficient (Wildman–Crippen LogP) is -1.08. The molecule has 1 N–H and O–H groups in total. The van der Waals surface area contributed by atoms with Crippen LogP contribution >= 0.6 is 0 Å². The number of aliphatic hydroxyl groups excluding tert-OH is 1. The van der Waals surface area contributed by atoms with Crippen LogP contribution < -0.4 is 0 Å². The molecule has 1 saturated heterocycles. The van der Waals surface area contributed by atoms with Crippen LogP contribution in [0.4, 0.5) is 0 Å². The third kappa shape index (κ3) is 1.40. The Morgan fingerprint density at radius 3 is 2.89 bits per heavy atom. The van der Waals surface area contributed by atoms with Crippen molar-refractivity contribution in [2.24, 2.45) is 0 Å². The van der Waals surface area contributed by atoms with E-state index in [9.17, 15) is 4.79 Å². The van der Waals surface area contributed by atoms with Gasteiger partial charge in [0.25, 0.3) is 0 Å². The Hall–Kier alpha value is -0.610. The molecule has 52 valence electrons. The van der Waals surface area contributed by atoms with Crippen LogP contribution in [0.15, 0.2) is 0 Å². The van der Waals surface area contributed by atoms with Gasteiger partial charge in [-0.3, -0.25) is 0 Å². The molecule has 1 fully saturated rings. The Morgan fingerprint density at radius 2 is 2.44 bits per heavy atom. The zero-order valence-electron chi connectivity index (χ0n) is 4.87. The van der Waals surface area contributed by atoms with Gasteiger partial charge in [0.1, 0.15) is 6.61 Å². The second kappa shape index (κ2) is 2.80. The van der Waals surface area contributed by atoms with E-state index in [1.807, 2.05) is 0 Å². The monoisotopic (exact) mass is 132 g/mol. The maximum Gasteiger partial charge on any atom is 0.337 e. The second-order valence-corrected chi connectivity index (χ2v) is 1.71. The molecule has 0 aromatic carbocycles. The van der Waals surface area contributed by atoms with Gasteiger partial charge in [0.05, 0.1) is 13.2 Å². The van der Waals surface area contributed by atoms with Crippen molar-refractivity contribution in [2.45, 2.75) is 6.10 Å². The standard InChI is InChI=1S/C5H8O4/c6-3-4-5(7)9-2-1-8-4/h4,6H,1-3H2. The predicted molar refractivity (Wildman–Crippen MR) is 27.8 cm³/mol. The molecule has 0 saturated carbocycles. The highest BCUT2D eigenvalue weighted by atomic mass is 16.6. The van der Waals surface area contributed by atoms with Crippen LogP contribution in [0.5, 0.6) is 0 Å². The van der Waals surface area contributed by atoms with E-state index in [2.05, 4.69) is 4.74 Å². The lowest BCUT2D eigenvalue weighted by atomic mass is 10.3. The fourth-order valence-electron chi connectivity index (χ4n) is 0.621. The summed E-state index contributed by atoms with van der Waals surface area (Å²) in [4.78, 5) is 10.5. The Labute approximate surface area is 52.4 Å². The van der Waals surface area contributed by atoms with Crippen LogP contribution in [0, 0.1) is 0 Å². The minimum absolute atomic E-state index is 0.293. The SMILES string of the molecule is O=C1OCCOC1CO. The van der Waals surface area contributed by atoms with Gasteiger partial charge in [-0.15, -0.1) is 0 Å². The van der Waals surface area contributed by atoms with Gasteiger partial charge >= 0.3 is 5.97 Å². The van der Waals surface area contributed by atoms with E-state index in [0.717, 1.165) is 0 Å². The Bertz CT molecular complexity index is 112. The van der Waals surface area contributed by atoms with Crippen molar-refractivity contribution in [1.29, 1.82) is 0 Å². The van der Waals surface area contributed by atoms with E-state index >= 15 is 0 Å². The molecule has 4 nitrogen and oxygen atoms in total. The van der Waals surface area contributed by atoms with E-state index < -0.39 is 12.1 Å². The van der Waals surface area contributed by atoms with Crippen LogP contribution in [-0.4, -0.2) is 37.0 Å². The third-order valence-corrected chi connectivity index (χ3v) is 1.08. The van der Waals surface area contributed by atoms with Crippen molar-refractivity contribution >= 4 is 5.97 Å². The van der Waals surface area contributed by atoms with Crippen LogP contribution in [0.25, 0.3) is 0 Å². The average Bonchev–Trinajstić information content (AvgIpc) is 1.89. The number of rotatable bonds is 1. The number of carbonyl (C=O) groups excluding carboxylic acids is 1. The van der Waals surface area contributed by atoms with Gasteiger partial charge in [0.15, 0.2) is 6.10 Å². The van der Waals surface area contributed by atoms with Crippen molar-refractivity contribution < 1.29 is 19.4 Å². The highest BCUT2D eigenvalue weighted by Crippen LogP contribution is 2.00. The summed E-state index contributed by atoms with van der Waals surface area (Å²) in [5.41, 5.74) is 0. The quantitative estimate of drug-likeness (QED) is 0.461. The number of ether oxygens (including phenoxy) is 2. The van der Waals surface area contributed by atoms with Crippen LogP contribution in [0.2, 0.25) is 0 Å². The molecule has 4 heteroatoms. The van der Waals surface area contributed by atoms with Gasteiger partial charge in [0, 0.05) is 0 Å².